The molecule has 2 saturated carbocycles. The molecule has 0 bridgehead atoms. The van der Waals surface area contributed by atoms with Crippen LogP contribution in [0.5, 0.6) is 0 Å². The van der Waals surface area contributed by atoms with E-state index in [2.05, 4.69) is 86.0 Å². The van der Waals surface area contributed by atoms with Crippen molar-refractivity contribution in [1.29, 1.82) is 5.26 Å². The number of aromatic nitrogens is 4. The summed E-state index contributed by atoms with van der Waals surface area (Å²) in [5, 5.41) is 15.6. The number of benzene rings is 1. The van der Waals surface area contributed by atoms with Crippen LogP contribution in [0.15, 0.2) is 48.9 Å². The molecule has 12 rings (SSSR count). The van der Waals surface area contributed by atoms with E-state index in [0.717, 1.165) is 102 Å². The van der Waals surface area contributed by atoms with Crippen molar-refractivity contribution in [2.24, 2.45) is 17.3 Å². The lowest BCUT2D eigenvalue weighted by Crippen LogP contribution is -2.59. The first-order valence-corrected chi connectivity index (χ1v) is 28.2. The van der Waals surface area contributed by atoms with E-state index in [9.17, 15) is 24.4 Å². The first-order valence-electron chi connectivity index (χ1n) is 28.2. The molecule has 394 valence electrons. The summed E-state index contributed by atoms with van der Waals surface area (Å²) >= 11 is 0. The van der Waals surface area contributed by atoms with Crippen LogP contribution >= 0.6 is 0 Å². The van der Waals surface area contributed by atoms with E-state index in [4.69, 9.17) is 9.97 Å². The molecule has 1 spiro atoms. The minimum Gasteiger partial charge on any atom is -0.365 e. The Morgan fingerprint density at radius 1 is 0.827 bits per heavy atom. The van der Waals surface area contributed by atoms with Crippen LogP contribution in [0.3, 0.4) is 0 Å². The van der Waals surface area contributed by atoms with Crippen molar-refractivity contribution in [3.8, 4) is 17.3 Å². The van der Waals surface area contributed by atoms with Crippen LogP contribution in [-0.2, 0) is 29.4 Å². The Morgan fingerprint density at radius 3 is 2.24 bits per heavy atom. The Kier molecular flexibility index (Phi) is 12.9. The third kappa shape index (κ3) is 8.92. The number of pyridine rings is 2. The lowest BCUT2D eigenvalue weighted by atomic mass is 9.72. The number of imidazole rings is 1. The van der Waals surface area contributed by atoms with Crippen molar-refractivity contribution in [1.82, 2.24) is 39.5 Å². The highest BCUT2D eigenvalue weighted by Crippen LogP contribution is 2.53. The number of amides is 5. The lowest BCUT2D eigenvalue weighted by Gasteiger charge is -2.48. The number of hydrogen-bond donors (Lipinski definition) is 2. The number of nitriles is 1. The zero-order valence-electron chi connectivity index (χ0n) is 43.9. The summed E-state index contributed by atoms with van der Waals surface area (Å²) in [4.78, 5) is 93.7. The molecule has 0 radical (unpaired) electrons. The summed E-state index contributed by atoms with van der Waals surface area (Å²) in [7, 11) is 0. The van der Waals surface area contributed by atoms with Crippen LogP contribution in [0, 0.1) is 28.6 Å². The topological polar surface area (TPSA) is 193 Å². The van der Waals surface area contributed by atoms with Crippen LogP contribution < -0.4 is 20.4 Å². The second-order valence-electron chi connectivity index (χ2n) is 23.9. The van der Waals surface area contributed by atoms with Gasteiger partial charge in [-0.2, -0.15) is 5.26 Å². The number of fused-ring (bicyclic) bond motifs is 3. The molecule has 5 saturated heterocycles. The number of nitrogens with one attached hydrogen (secondary N) is 2. The van der Waals surface area contributed by atoms with Gasteiger partial charge in [0.2, 0.25) is 29.5 Å². The van der Waals surface area contributed by atoms with Crippen LogP contribution in [0.2, 0.25) is 0 Å². The molecule has 1 unspecified atom stereocenters. The predicted molar refractivity (Wildman–Crippen MR) is 285 cm³/mol. The third-order valence-electron chi connectivity index (χ3n) is 19.0. The molecule has 2 N–H and O–H groups in total. The molecule has 2 aliphatic carbocycles. The summed E-state index contributed by atoms with van der Waals surface area (Å²) in [6.45, 7) is 12.1. The van der Waals surface area contributed by atoms with Gasteiger partial charge >= 0.3 is 0 Å². The number of hydrogen-bond acceptors (Lipinski definition) is 12. The van der Waals surface area contributed by atoms with Crippen molar-refractivity contribution in [2.75, 3.05) is 67.5 Å². The number of carbonyl (C=O) groups excluding carboxylic acids is 5. The van der Waals surface area contributed by atoms with Crippen molar-refractivity contribution in [3.05, 3.63) is 60.0 Å². The number of nitrogens with zero attached hydrogens (tertiary/aromatic N) is 10. The van der Waals surface area contributed by atoms with Crippen molar-refractivity contribution < 1.29 is 24.0 Å². The third-order valence-corrected chi connectivity index (χ3v) is 19.0. The smallest absolute Gasteiger partial charge is 0.238 e. The molecule has 8 aliphatic rings. The summed E-state index contributed by atoms with van der Waals surface area (Å²) < 4.78 is 2.15. The molecule has 9 heterocycles. The quantitative estimate of drug-likeness (QED) is 0.154. The Hall–Kier alpha value is -6.41. The monoisotopic (exact) mass is 1020 g/mol. The molecule has 75 heavy (non-hydrogen) atoms. The lowest BCUT2D eigenvalue weighted by molar-refractivity contribution is -0.150. The van der Waals surface area contributed by atoms with Crippen LogP contribution in [0.1, 0.15) is 140 Å². The number of carbonyl (C=O) groups is 5. The number of likely N-dealkylation sites (tertiary alicyclic amines) is 3. The highest BCUT2D eigenvalue weighted by Gasteiger charge is 2.57. The zero-order valence-corrected chi connectivity index (χ0v) is 43.9. The average molecular weight is 1020 g/mol. The van der Waals surface area contributed by atoms with Gasteiger partial charge in [-0.05, 0) is 140 Å². The summed E-state index contributed by atoms with van der Waals surface area (Å²) in [6, 6.07) is 15.8. The molecule has 1 aromatic carbocycles. The SMILES string of the molecule is CC(C)n1cnc2cc(-c3ccc4c(c3)N([C@H]3C[C@@H](N5CCCCC5)C3)C(=O)C43CCN(C(=O)C4(C)CCN(C(=O)C5CCN(c6ccc(C7CCC(=O)NC7=O)cn6)CC5)CC4)CC3)nc(N[C@H]3C[C@@H](C#N)C3)c21. The molecule has 4 aromatic rings. The Labute approximate surface area is 439 Å². The Balaban J connectivity index is 0.712. The number of imide groups is 1. The van der Waals surface area contributed by atoms with Gasteiger partial charge in [-0.3, -0.25) is 29.3 Å². The highest BCUT2D eigenvalue weighted by atomic mass is 16.2. The van der Waals surface area contributed by atoms with Gasteiger partial charge < -0.3 is 34.4 Å². The van der Waals surface area contributed by atoms with Crippen LogP contribution in [0.4, 0.5) is 17.3 Å². The van der Waals surface area contributed by atoms with Crippen LogP contribution in [0.25, 0.3) is 22.3 Å². The predicted octanol–water partition coefficient (Wildman–Crippen LogP) is 7.08. The minimum atomic E-state index is -0.718. The van der Waals surface area contributed by atoms with Gasteiger partial charge in [0.25, 0.3) is 0 Å². The zero-order chi connectivity index (χ0) is 51.8. The van der Waals surface area contributed by atoms with Gasteiger partial charge in [-0.15, -0.1) is 0 Å². The highest BCUT2D eigenvalue weighted by molar-refractivity contribution is 6.09. The second-order valence-corrected chi connectivity index (χ2v) is 23.9. The molecule has 17 nitrogen and oxygen atoms in total. The van der Waals surface area contributed by atoms with E-state index in [1.54, 1.807) is 6.20 Å². The van der Waals surface area contributed by atoms with E-state index < -0.39 is 10.8 Å². The maximum atomic E-state index is 15.3. The average Bonchev–Trinajstić information content (AvgIpc) is 3.97. The van der Waals surface area contributed by atoms with Gasteiger partial charge in [0.05, 0.1) is 40.9 Å². The number of anilines is 3. The second kappa shape index (κ2) is 19.6. The van der Waals surface area contributed by atoms with E-state index in [1.807, 2.05) is 28.3 Å². The molecule has 7 fully saturated rings. The van der Waals surface area contributed by atoms with Crippen molar-refractivity contribution in [3.63, 3.8) is 0 Å². The Bertz CT molecular complexity index is 2920. The normalized spacial score (nSPS) is 27.0. The molecule has 1 atom stereocenters. The van der Waals surface area contributed by atoms with Crippen LogP contribution in [-0.4, -0.2) is 134 Å². The summed E-state index contributed by atoms with van der Waals surface area (Å²) in [5.74, 6) is 1.17. The van der Waals surface area contributed by atoms with E-state index in [-0.39, 0.29) is 65.4 Å². The number of rotatable bonds is 10. The molecule has 3 aromatic heterocycles. The van der Waals surface area contributed by atoms with E-state index in [1.165, 1.54) is 19.3 Å². The fraction of sp³-hybridized carbons (Fsp3) is 0.603. The molecular formula is C58H72N12O5. The Morgan fingerprint density at radius 2 is 1.56 bits per heavy atom. The largest absolute Gasteiger partial charge is 0.365 e. The van der Waals surface area contributed by atoms with Crippen molar-refractivity contribution in [2.45, 2.75) is 153 Å². The fourth-order valence-electron chi connectivity index (χ4n) is 14.0. The van der Waals surface area contributed by atoms with Gasteiger partial charge in [0.1, 0.15) is 11.3 Å². The van der Waals surface area contributed by atoms with E-state index >= 15 is 4.79 Å². The van der Waals surface area contributed by atoms with E-state index in [0.29, 0.717) is 83.8 Å². The molecule has 5 amide bonds. The van der Waals surface area contributed by atoms with Gasteiger partial charge in [0, 0.05) is 98.6 Å². The maximum absolute atomic E-state index is 15.3. The summed E-state index contributed by atoms with van der Waals surface area (Å²) in [5.41, 5.74) is 5.08. The van der Waals surface area contributed by atoms with Gasteiger partial charge in [-0.25, -0.2) is 15.0 Å². The fourth-order valence-corrected chi connectivity index (χ4v) is 14.0. The molecule has 17 heteroatoms. The first kappa shape index (κ1) is 49.5. The van der Waals surface area contributed by atoms with Gasteiger partial charge in [0.15, 0.2) is 5.82 Å². The minimum absolute atomic E-state index is 0.0583. The molecule has 6 aliphatic heterocycles. The first-order chi connectivity index (χ1) is 36.3. The number of piperidine rings is 5. The molecular weight excluding hydrogens is 945 g/mol. The maximum Gasteiger partial charge on any atom is 0.238 e. The van der Waals surface area contributed by atoms with Gasteiger partial charge in [-0.1, -0.05) is 31.5 Å². The van der Waals surface area contributed by atoms with Crippen molar-refractivity contribution >= 4 is 57.9 Å². The summed E-state index contributed by atoms with van der Waals surface area (Å²) in [6.07, 6.45) is 15.5. The standard InChI is InChI=1S/C58H72N12O5/c1-36(2)69-35-61-47-32-46(63-52(51(47)69)62-41-27-37(28-41)33-59)39-7-10-45-48(29-39)70(43-30-42(31-43)65-19-5-4-6-20-65)56(75)58(45)17-25-68(26-18-58)55(74)57(3)15-23-67(24-16-57)54(73)38-13-21-66(22-14-38)49-11-8-40(34-60-49)44-9-12-50(71)64-53(44)72/h7-8,10-11,29,32,34-38,41-44H,4-6,9,12-28,30-31H2,1-3H3,(H,62,63)(H,64,71,72)/t37-,41+,42-,43+,44?.